The average Bonchev–Trinajstić information content (AvgIpc) is 3.69. The molecule has 0 radical (unpaired) electrons. The van der Waals surface area contributed by atoms with E-state index in [1.54, 1.807) is 28.8 Å². The molecule has 5 rings (SSSR count). The van der Waals surface area contributed by atoms with E-state index in [4.69, 9.17) is 5.73 Å². The lowest BCUT2D eigenvalue weighted by atomic mass is 9.96. The Morgan fingerprint density at radius 2 is 1.53 bits per heavy atom. The molecular weight excluding hydrogens is 795 g/mol. The summed E-state index contributed by atoms with van der Waals surface area (Å²) in [7, 11) is 0. The Labute approximate surface area is 342 Å². The van der Waals surface area contributed by atoms with Gasteiger partial charge in [-0.3, -0.25) is 38.4 Å². The molecule has 22 heteroatoms. The third kappa shape index (κ3) is 10.1. The highest BCUT2D eigenvalue weighted by Crippen LogP contribution is 2.35. The van der Waals surface area contributed by atoms with Crippen LogP contribution >= 0.6 is 11.8 Å². The van der Waals surface area contributed by atoms with Gasteiger partial charge in [-0.15, -0.1) is 11.8 Å². The molecule has 4 heterocycles. The highest BCUT2D eigenvalue weighted by molar-refractivity contribution is 7.99. The zero-order valence-electron chi connectivity index (χ0n) is 32.9. The topological polar surface area (TPSA) is 324 Å². The quantitative estimate of drug-likeness (QED) is 0.130. The number of thioether (sulfide) groups is 1. The molecule has 0 aliphatic carbocycles. The van der Waals surface area contributed by atoms with Gasteiger partial charge in [0.15, 0.2) is 0 Å². The summed E-state index contributed by atoms with van der Waals surface area (Å²) >= 11 is 0.964. The Balaban J connectivity index is 1.77. The van der Waals surface area contributed by atoms with E-state index in [0.29, 0.717) is 16.5 Å². The molecule has 2 aromatic rings. The predicted octanol–water partition coefficient (Wildman–Crippen LogP) is -4.79. The van der Waals surface area contributed by atoms with Gasteiger partial charge in [-0.05, 0) is 45.7 Å². The van der Waals surface area contributed by atoms with E-state index in [1.807, 2.05) is 0 Å². The number of hydrogen-bond donors (Lipinski definition) is 11. The van der Waals surface area contributed by atoms with Crippen molar-refractivity contribution in [1.82, 2.24) is 41.4 Å². The lowest BCUT2D eigenvalue weighted by Gasteiger charge is -2.31. The Bertz CT molecular complexity index is 2010. The van der Waals surface area contributed by atoms with E-state index in [-0.39, 0.29) is 36.7 Å². The fraction of sp³-hybridized carbons (Fsp3) is 0.568. The number of fused-ring (bicyclic) bond motifs is 5. The third-order valence-electron chi connectivity index (χ3n) is 10.5. The third-order valence-corrected chi connectivity index (χ3v) is 11.7. The van der Waals surface area contributed by atoms with Crippen LogP contribution in [0.5, 0.6) is 0 Å². The summed E-state index contributed by atoms with van der Waals surface area (Å²) in [5.74, 6) is -7.68. The highest BCUT2D eigenvalue weighted by Gasteiger charge is 2.45. The first-order valence-electron chi connectivity index (χ1n) is 19.1. The van der Waals surface area contributed by atoms with Gasteiger partial charge in [0, 0.05) is 36.0 Å². The number of nitrogens with two attached hydrogens (primary N) is 1. The molecule has 2 bridgehead atoms. The lowest BCUT2D eigenvalue weighted by Crippen LogP contribution is -2.62. The fourth-order valence-electron chi connectivity index (χ4n) is 7.29. The fourth-order valence-corrected chi connectivity index (χ4v) is 8.53. The van der Waals surface area contributed by atoms with Crippen molar-refractivity contribution in [1.29, 1.82) is 0 Å². The molecule has 322 valence electrons. The van der Waals surface area contributed by atoms with E-state index < -0.39 is 120 Å². The van der Waals surface area contributed by atoms with Crippen molar-refractivity contribution in [2.75, 3.05) is 18.9 Å². The van der Waals surface area contributed by atoms with Crippen LogP contribution < -0.4 is 37.6 Å². The molecule has 21 nitrogen and oxygen atoms in total. The van der Waals surface area contributed by atoms with Crippen molar-refractivity contribution in [2.24, 2.45) is 5.73 Å². The maximum Gasteiger partial charge on any atom is 0.246 e. The Morgan fingerprint density at radius 1 is 0.898 bits per heavy atom. The van der Waals surface area contributed by atoms with Crippen LogP contribution in [-0.2, 0) is 51.3 Å². The molecule has 1 aromatic heterocycles. The number of carbonyl (C=O) groups excluding carboxylic acids is 8. The SMILES string of the molecule is CC1NC(=O)C(CC(C)(O)CO)NC(=O)C2Cc3c(n(CC(N)=O)c4ccccc34)SCC(NC(=O)C(C(C)O)NC1=O)C(=O)N1CCC(O)C1C(=O)NC(C)C(=O)N2. The number of hydrogen-bond acceptors (Lipinski definition) is 13. The first kappa shape index (κ1) is 44.8. The van der Waals surface area contributed by atoms with Gasteiger partial charge >= 0.3 is 0 Å². The van der Waals surface area contributed by atoms with Gasteiger partial charge < -0.3 is 67.5 Å². The van der Waals surface area contributed by atoms with Gasteiger partial charge in [0.1, 0.15) is 48.8 Å². The number of aliphatic hydroxyl groups excluding tert-OH is 3. The highest BCUT2D eigenvalue weighted by atomic mass is 32.2. The number of nitrogens with zero attached hydrogens (tertiary/aromatic N) is 2. The number of nitrogens with one attached hydrogen (secondary N) is 6. The molecule has 1 fully saturated rings. The zero-order valence-corrected chi connectivity index (χ0v) is 33.7. The van der Waals surface area contributed by atoms with Crippen LogP contribution in [0.1, 0.15) is 46.1 Å². The second-order valence-electron chi connectivity index (χ2n) is 15.4. The van der Waals surface area contributed by atoms with Gasteiger partial charge in [0.05, 0.1) is 29.4 Å². The predicted molar refractivity (Wildman–Crippen MR) is 209 cm³/mol. The molecule has 8 amide bonds. The number of amides is 8. The summed E-state index contributed by atoms with van der Waals surface area (Å²) in [5, 5.41) is 58.1. The summed E-state index contributed by atoms with van der Waals surface area (Å²) in [6.07, 6.45) is -3.92. The summed E-state index contributed by atoms with van der Waals surface area (Å²) in [6, 6.07) is -3.99. The number of benzene rings is 1. The van der Waals surface area contributed by atoms with E-state index in [1.165, 1.54) is 27.7 Å². The second kappa shape index (κ2) is 18.3. The molecular formula is C37H51N9O12S. The van der Waals surface area contributed by atoms with Crippen molar-refractivity contribution in [3.63, 3.8) is 0 Å². The second-order valence-corrected chi connectivity index (χ2v) is 16.4. The van der Waals surface area contributed by atoms with Gasteiger partial charge in [0.2, 0.25) is 47.3 Å². The number of carbonyl (C=O) groups is 8. The van der Waals surface area contributed by atoms with Crippen LogP contribution in [0.2, 0.25) is 0 Å². The molecule has 12 N–H and O–H groups in total. The number of aromatic nitrogens is 1. The van der Waals surface area contributed by atoms with Crippen LogP contribution in [-0.4, -0.2) is 156 Å². The standard InChI is InChI=1S/C37H51N9O12S/c1-16-29(51)41-21-11-20-19-7-5-6-8-24(19)46(13-26(38)50)36(20)59-14-23(35(57)45-10-9-25(49)28(45)34(56)40-16)43-33(55)27(18(3)48)44-30(52)17(2)39-32(54)22(42-31(21)53)12-37(4,58)15-47/h5-8,16-18,21-23,25,27-28,47-49,58H,9-15H2,1-4H3,(H2,38,50)(H,39,54)(H,40,56)(H,41,51)(H,42,53)(H,43,55)(H,44,52). The Morgan fingerprint density at radius 3 is 2.17 bits per heavy atom. The summed E-state index contributed by atoms with van der Waals surface area (Å²) in [4.78, 5) is 111. The molecule has 3 aliphatic heterocycles. The minimum atomic E-state index is -1.95. The number of rotatable bonds is 6. The van der Waals surface area contributed by atoms with Gasteiger partial charge in [0.25, 0.3) is 0 Å². The smallest absolute Gasteiger partial charge is 0.246 e. The summed E-state index contributed by atoms with van der Waals surface area (Å²) < 4.78 is 1.54. The number of para-hydroxylation sites is 1. The first-order valence-corrected chi connectivity index (χ1v) is 20.0. The monoisotopic (exact) mass is 845 g/mol. The lowest BCUT2D eigenvalue weighted by molar-refractivity contribution is -0.144. The molecule has 10 unspecified atom stereocenters. The zero-order chi connectivity index (χ0) is 43.5. The van der Waals surface area contributed by atoms with Crippen LogP contribution in [0.4, 0.5) is 0 Å². The maximum atomic E-state index is 14.5. The Hall–Kier alpha value is -5.29. The molecule has 1 aromatic carbocycles. The van der Waals surface area contributed by atoms with Crippen LogP contribution in [0.25, 0.3) is 10.9 Å². The van der Waals surface area contributed by atoms with Crippen molar-refractivity contribution in [2.45, 2.75) is 119 Å². The largest absolute Gasteiger partial charge is 0.393 e. The molecule has 1 saturated heterocycles. The van der Waals surface area contributed by atoms with E-state index in [2.05, 4.69) is 31.9 Å². The summed E-state index contributed by atoms with van der Waals surface area (Å²) in [5.41, 5.74) is 4.60. The van der Waals surface area contributed by atoms with Crippen LogP contribution in [0.3, 0.4) is 0 Å². The van der Waals surface area contributed by atoms with Gasteiger partial charge in [-0.25, -0.2) is 0 Å². The summed E-state index contributed by atoms with van der Waals surface area (Å²) in [6.45, 7) is 3.59. The minimum Gasteiger partial charge on any atom is -0.393 e. The molecule has 0 saturated carbocycles. The molecule has 59 heavy (non-hydrogen) atoms. The average molecular weight is 846 g/mol. The van der Waals surface area contributed by atoms with Gasteiger partial charge in [-0.1, -0.05) is 18.2 Å². The van der Waals surface area contributed by atoms with E-state index in [0.717, 1.165) is 16.7 Å². The Kier molecular flexibility index (Phi) is 13.9. The maximum absolute atomic E-state index is 14.5. The van der Waals surface area contributed by atoms with E-state index in [9.17, 15) is 58.8 Å². The van der Waals surface area contributed by atoms with Crippen LogP contribution in [0, 0.1) is 0 Å². The van der Waals surface area contributed by atoms with Crippen molar-refractivity contribution >= 4 is 69.9 Å². The van der Waals surface area contributed by atoms with Crippen LogP contribution in [0.15, 0.2) is 29.3 Å². The van der Waals surface area contributed by atoms with Crippen molar-refractivity contribution < 1.29 is 58.8 Å². The van der Waals surface area contributed by atoms with Crippen molar-refractivity contribution in [3.8, 4) is 0 Å². The van der Waals surface area contributed by atoms with Crippen molar-refractivity contribution in [3.05, 3.63) is 29.8 Å². The molecule has 10 atom stereocenters. The number of aliphatic hydroxyl groups is 4. The molecule has 3 aliphatic rings. The first-order chi connectivity index (χ1) is 27.7. The number of primary amides is 1. The van der Waals surface area contributed by atoms with E-state index >= 15 is 0 Å². The molecule has 0 spiro atoms. The normalized spacial score (nSPS) is 29.4. The van der Waals surface area contributed by atoms with Gasteiger partial charge in [-0.2, -0.15) is 0 Å². The minimum absolute atomic E-state index is 0.0439.